The van der Waals surface area contributed by atoms with Crippen molar-refractivity contribution in [3.63, 3.8) is 0 Å². The van der Waals surface area contributed by atoms with Gasteiger partial charge in [0.05, 0.1) is 0 Å². The number of halogens is 6. The summed E-state index contributed by atoms with van der Waals surface area (Å²) in [6, 6.07) is 0. The second-order valence-electron chi connectivity index (χ2n) is 0.758. The summed E-state index contributed by atoms with van der Waals surface area (Å²) >= 11 is 15.3. The molecular weight excluding hydrogens is 902 g/mol. The fraction of sp³-hybridized carbons (Fsp3) is 0. The van der Waals surface area contributed by atoms with E-state index in [-0.39, 0.29) is 51.4 Å². The van der Waals surface area contributed by atoms with Gasteiger partial charge in [0.15, 0.2) is 0 Å². The van der Waals surface area contributed by atoms with E-state index < -0.39 is -8.66 Å². The summed E-state index contributed by atoms with van der Waals surface area (Å²) in [6.45, 7) is 0. The third kappa shape index (κ3) is 38.8. The SMILES string of the molecule is [I][Ru]([I])([I])([I])([I])[I].[K]. The van der Waals surface area contributed by atoms with Crippen LogP contribution in [0.4, 0.5) is 0 Å². The first-order chi connectivity index (χ1) is 2.45. The first-order valence-corrected chi connectivity index (χ1v) is 31.8. The van der Waals surface area contributed by atoms with E-state index in [1.807, 2.05) is 0 Å². The largest absolute Gasteiger partial charge is 0 e. The maximum Gasteiger partial charge on any atom is 0 e. The van der Waals surface area contributed by atoms with Gasteiger partial charge in [-0.05, 0) is 0 Å². The topological polar surface area (TPSA) is 0 Å². The fourth-order valence-corrected chi connectivity index (χ4v) is 0. The third-order valence-corrected chi connectivity index (χ3v) is 0. The summed E-state index contributed by atoms with van der Waals surface area (Å²) in [5, 5.41) is 0. The van der Waals surface area contributed by atoms with Crippen LogP contribution < -0.4 is 0 Å². The van der Waals surface area contributed by atoms with Gasteiger partial charge < -0.3 is 0 Å². The van der Waals surface area contributed by atoms with E-state index in [0.717, 1.165) is 0 Å². The van der Waals surface area contributed by atoms with Crippen LogP contribution in [0.3, 0.4) is 0 Å². The van der Waals surface area contributed by atoms with Gasteiger partial charge in [-0.2, -0.15) is 0 Å². The molecule has 0 bridgehead atoms. The average Bonchev–Trinajstić information content (AvgIpc) is 0.592. The minimum atomic E-state index is -2.23. The molecule has 0 aromatic rings. The predicted molar refractivity (Wildman–Crippen MR) is 89.9 cm³/mol. The van der Waals surface area contributed by atoms with Gasteiger partial charge in [0.25, 0.3) is 0 Å². The molecule has 0 heterocycles. The minimum Gasteiger partial charge on any atom is 0 e. The van der Waals surface area contributed by atoms with E-state index >= 15 is 0 Å². The number of rotatable bonds is 0. The maximum absolute atomic E-state index is 2.56. The Morgan fingerprint density at radius 2 is 0.625 bits per heavy atom. The Bertz CT molecular complexity index is 67.1. The minimum absolute atomic E-state index is 0. The predicted octanol–water partition coefficient (Wildman–Crippen LogP) is 4.93. The van der Waals surface area contributed by atoms with Crippen LogP contribution in [0.2, 0.25) is 0 Å². The van der Waals surface area contributed by atoms with Gasteiger partial charge in [0.2, 0.25) is 0 Å². The molecule has 51 valence electrons. The van der Waals surface area contributed by atoms with Gasteiger partial charge in [-0.1, -0.05) is 0 Å². The molecule has 8 heavy (non-hydrogen) atoms. The van der Waals surface area contributed by atoms with Gasteiger partial charge in [0.1, 0.15) is 0 Å². The zero-order valence-corrected chi connectivity index (χ0v) is 21.4. The van der Waals surface area contributed by atoms with Crippen molar-refractivity contribution < 1.29 is -8.66 Å². The second kappa shape index (κ2) is 4.65. The van der Waals surface area contributed by atoms with Crippen LogP contribution in [-0.4, -0.2) is 51.4 Å². The van der Waals surface area contributed by atoms with Crippen molar-refractivity contribution in [2.45, 2.75) is 0 Å². The molecule has 0 saturated carbocycles. The molecule has 0 aliphatic rings. The van der Waals surface area contributed by atoms with Crippen LogP contribution in [0, 0.1) is 0 Å². The zero-order chi connectivity index (χ0) is 6.41. The zero-order valence-electron chi connectivity index (χ0n) is 3.62. The molecule has 0 amide bonds. The van der Waals surface area contributed by atoms with Gasteiger partial charge in [-0.15, -0.1) is 0 Å². The Hall–Kier alpha value is 6.64. The van der Waals surface area contributed by atoms with Crippen molar-refractivity contribution in [3.8, 4) is 0 Å². The van der Waals surface area contributed by atoms with Crippen molar-refractivity contribution in [2.24, 2.45) is 0 Å². The Morgan fingerprint density at radius 3 is 0.625 bits per heavy atom. The summed E-state index contributed by atoms with van der Waals surface area (Å²) in [5.41, 5.74) is 0. The van der Waals surface area contributed by atoms with E-state index in [9.17, 15) is 0 Å². The molecule has 0 aliphatic heterocycles. The molecule has 0 saturated heterocycles. The smallest absolute Gasteiger partial charge is 0 e. The first kappa shape index (κ1) is 17.0. The molecule has 0 nitrogen and oxygen atoms in total. The third-order valence-electron chi connectivity index (χ3n) is 0. The monoisotopic (exact) mass is 902 g/mol. The molecule has 0 spiro atoms. The quantitative estimate of drug-likeness (QED) is 0.240. The second-order valence-corrected chi connectivity index (χ2v) is 202. The van der Waals surface area contributed by atoms with Crippen LogP contribution in [-0.2, 0) is -8.66 Å². The number of hydrogen-bond acceptors (Lipinski definition) is 0. The van der Waals surface area contributed by atoms with E-state index in [0.29, 0.717) is 0 Å². The van der Waals surface area contributed by atoms with Gasteiger partial charge in [-0.25, -0.2) is 0 Å². The molecule has 8 heteroatoms. The summed E-state index contributed by atoms with van der Waals surface area (Å²) < 4.78 is -2.23. The van der Waals surface area contributed by atoms with Crippen LogP contribution in [0.25, 0.3) is 0 Å². The van der Waals surface area contributed by atoms with Crippen molar-refractivity contribution in [1.29, 1.82) is 0 Å². The Kier molecular flexibility index (Phi) is 9.92. The van der Waals surface area contributed by atoms with Gasteiger partial charge in [-0.3, -0.25) is 0 Å². The van der Waals surface area contributed by atoms with E-state index in [1.54, 1.807) is 0 Å². The van der Waals surface area contributed by atoms with Crippen LogP contribution in [0.1, 0.15) is 0 Å². The van der Waals surface area contributed by atoms with Crippen molar-refractivity contribution in [2.75, 3.05) is 0 Å². The molecule has 0 atom stereocenters. The summed E-state index contributed by atoms with van der Waals surface area (Å²) in [6.07, 6.45) is 0. The molecule has 0 rings (SSSR count). The molecular formula is I6KRu. The summed E-state index contributed by atoms with van der Waals surface area (Å²) in [5.74, 6) is 0. The van der Waals surface area contributed by atoms with E-state index in [4.69, 9.17) is 0 Å². The molecule has 0 unspecified atom stereocenters. The average molecular weight is 902 g/mol. The van der Waals surface area contributed by atoms with Crippen LogP contribution in [0.15, 0.2) is 0 Å². The molecule has 1 radical (unpaired) electrons. The molecule has 0 aliphatic carbocycles. The standard InChI is InChI=1S/6HI.K.Ru/h6*1H;;/q;;;;;;;+6/p-6. The Morgan fingerprint density at radius 1 is 0.625 bits per heavy atom. The number of hydrogen-bond donors (Lipinski definition) is 0. The molecule has 0 fully saturated rings. The van der Waals surface area contributed by atoms with Crippen molar-refractivity contribution in [3.05, 3.63) is 0 Å². The molecule has 0 aromatic carbocycles. The van der Waals surface area contributed by atoms with Gasteiger partial charge >= 0.3 is 110 Å². The van der Waals surface area contributed by atoms with Crippen LogP contribution >= 0.6 is 119 Å². The van der Waals surface area contributed by atoms with E-state index in [1.165, 1.54) is 0 Å². The first-order valence-electron chi connectivity index (χ1n) is 0.802. The summed E-state index contributed by atoms with van der Waals surface area (Å²) in [7, 11) is 0. The van der Waals surface area contributed by atoms with E-state index in [2.05, 4.69) is 119 Å². The Labute approximate surface area is 155 Å². The van der Waals surface area contributed by atoms with Crippen molar-refractivity contribution >= 4 is 170 Å². The van der Waals surface area contributed by atoms with Gasteiger partial charge in [0, 0.05) is 51.4 Å². The normalized spacial score (nSPS) is 20.2. The summed E-state index contributed by atoms with van der Waals surface area (Å²) in [4.78, 5) is 0. The maximum atomic E-state index is 2.56. The van der Waals surface area contributed by atoms with Crippen molar-refractivity contribution in [1.82, 2.24) is 0 Å². The van der Waals surface area contributed by atoms with Crippen LogP contribution in [0.5, 0.6) is 0 Å². The Balaban J connectivity index is 0. The molecule has 0 aromatic heterocycles. The fourth-order valence-electron chi connectivity index (χ4n) is 0. The molecule has 0 N–H and O–H groups in total.